The summed E-state index contributed by atoms with van der Waals surface area (Å²) in [7, 11) is 0.900. The number of rotatable bonds is 9. The smallest absolute Gasteiger partial charge is 0.271 e. The number of likely N-dealkylation sites (N-methyl/N-ethyl adjacent to an activating group) is 1. The molecule has 2 rings (SSSR count). The van der Waals surface area contributed by atoms with Gasteiger partial charge in [0.1, 0.15) is 24.1 Å². The van der Waals surface area contributed by atoms with Crippen molar-refractivity contribution in [1.82, 2.24) is 0 Å². The molecule has 0 amide bonds. The molecule has 0 bridgehead atoms. The summed E-state index contributed by atoms with van der Waals surface area (Å²) in [5.41, 5.74) is -0.287. The first-order chi connectivity index (χ1) is 13.2. The van der Waals surface area contributed by atoms with E-state index in [9.17, 15) is 23.6 Å². The van der Waals surface area contributed by atoms with E-state index in [1.54, 1.807) is 18.2 Å². The fourth-order valence-electron chi connectivity index (χ4n) is 2.76. The van der Waals surface area contributed by atoms with Gasteiger partial charge in [-0.3, -0.25) is 14.4 Å². The van der Waals surface area contributed by atoms with E-state index in [4.69, 9.17) is 4.74 Å². The molecule has 0 unspecified atom stereocenters. The maximum Gasteiger partial charge on any atom is 0.271 e. The van der Waals surface area contributed by atoms with Gasteiger partial charge >= 0.3 is 0 Å². The highest BCUT2D eigenvalue weighted by atomic mass is 32.2. The minimum Gasteiger partial charge on any atom is -0.495 e. The topological polar surface area (TPSA) is 114 Å². The second-order valence-corrected chi connectivity index (χ2v) is 8.39. The molecule has 0 spiro atoms. The molecule has 0 radical (unpaired) electrons. The Balaban J connectivity index is 2.62. The van der Waals surface area contributed by atoms with Crippen molar-refractivity contribution in [3.05, 3.63) is 58.6 Å². The SMILES string of the molecule is COc1ccc([N+](=O)[O-])cc1N(C[C@H](O)C[NH+](C)C)S(=O)(=O)c1ccccc1. The fourth-order valence-corrected chi connectivity index (χ4v) is 4.29. The molecule has 9 nitrogen and oxygen atoms in total. The maximum absolute atomic E-state index is 13.3. The Kier molecular flexibility index (Phi) is 6.95. The molecule has 2 aromatic rings. The summed E-state index contributed by atoms with van der Waals surface area (Å²) < 4.78 is 32.8. The highest BCUT2D eigenvalue weighted by Crippen LogP contribution is 2.35. The highest BCUT2D eigenvalue weighted by molar-refractivity contribution is 7.92. The lowest BCUT2D eigenvalue weighted by atomic mass is 10.2. The third kappa shape index (κ3) is 4.97. The van der Waals surface area contributed by atoms with Gasteiger partial charge in [-0.15, -0.1) is 0 Å². The third-order valence-electron chi connectivity index (χ3n) is 3.99. The minimum atomic E-state index is -4.10. The van der Waals surface area contributed by atoms with Crippen molar-refractivity contribution < 1.29 is 28.1 Å². The van der Waals surface area contributed by atoms with Crippen molar-refractivity contribution in [3.63, 3.8) is 0 Å². The zero-order valence-electron chi connectivity index (χ0n) is 15.9. The van der Waals surface area contributed by atoms with Gasteiger partial charge in [0.2, 0.25) is 0 Å². The quantitative estimate of drug-likeness (QED) is 0.454. The summed E-state index contributed by atoms with van der Waals surface area (Å²) in [6, 6.07) is 11.4. The zero-order chi connectivity index (χ0) is 20.9. The van der Waals surface area contributed by atoms with Gasteiger partial charge < -0.3 is 14.7 Å². The van der Waals surface area contributed by atoms with Gasteiger partial charge in [-0.25, -0.2) is 8.42 Å². The van der Waals surface area contributed by atoms with E-state index in [0.29, 0.717) is 0 Å². The molecular formula is C18H24N3O6S+. The van der Waals surface area contributed by atoms with E-state index in [2.05, 4.69) is 0 Å². The number of non-ortho nitro benzene ring substituents is 1. The predicted octanol–water partition coefficient (Wildman–Crippen LogP) is 0.304. The van der Waals surface area contributed by atoms with Crippen molar-refractivity contribution in [1.29, 1.82) is 0 Å². The van der Waals surface area contributed by atoms with Crippen LogP contribution < -0.4 is 13.9 Å². The average Bonchev–Trinajstić information content (AvgIpc) is 2.65. The molecule has 0 aliphatic carbocycles. The number of nitrogens with zero attached hydrogens (tertiary/aromatic N) is 2. The van der Waals surface area contributed by atoms with E-state index < -0.39 is 21.1 Å². The minimum absolute atomic E-state index is 0.00615. The molecule has 0 aliphatic rings. The van der Waals surface area contributed by atoms with E-state index in [-0.39, 0.29) is 35.1 Å². The Labute approximate surface area is 164 Å². The van der Waals surface area contributed by atoms with Crippen LogP contribution in [0.15, 0.2) is 53.4 Å². The number of quaternary nitrogens is 1. The number of hydrogen-bond donors (Lipinski definition) is 2. The lowest BCUT2D eigenvalue weighted by Crippen LogP contribution is -3.07. The second kappa shape index (κ2) is 9.00. The average molecular weight is 410 g/mol. The molecule has 0 saturated carbocycles. The second-order valence-electron chi connectivity index (χ2n) is 6.53. The standard InChI is InChI=1S/C18H23N3O6S/c1-19(2)12-15(22)13-20(28(25,26)16-7-5-4-6-8-16)17-11-14(21(23)24)9-10-18(17)27-3/h4-11,15,22H,12-13H2,1-3H3/p+1/t15-/m1/s1. The van der Waals surface area contributed by atoms with Crippen LogP contribution >= 0.6 is 0 Å². The Morgan fingerprint density at radius 2 is 1.86 bits per heavy atom. The van der Waals surface area contributed by atoms with Gasteiger partial charge in [0.15, 0.2) is 0 Å². The van der Waals surface area contributed by atoms with Crippen LogP contribution in [0.25, 0.3) is 0 Å². The molecule has 2 aromatic carbocycles. The van der Waals surface area contributed by atoms with Crippen LogP contribution in [0.2, 0.25) is 0 Å². The number of aliphatic hydroxyl groups is 1. The number of anilines is 1. The summed E-state index contributed by atoms with van der Waals surface area (Å²) >= 11 is 0. The Hall–Kier alpha value is -2.69. The number of sulfonamides is 1. The summed E-state index contributed by atoms with van der Waals surface area (Å²) in [6.07, 6.45) is -0.993. The first kappa shape index (κ1) is 21.6. The van der Waals surface area contributed by atoms with E-state index >= 15 is 0 Å². The third-order valence-corrected chi connectivity index (χ3v) is 5.79. The van der Waals surface area contributed by atoms with Crippen LogP contribution in [0.1, 0.15) is 0 Å². The van der Waals surface area contributed by atoms with Crippen LogP contribution in [-0.4, -0.2) is 58.8 Å². The Morgan fingerprint density at radius 1 is 1.21 bits per heavy atom. The molecule has 1 atom stereocenters. The van der Waals surface area contributed by atoms with Crippen LogP contribution in [0, 0.1) is 10.1 Å². The van der Waals surface area contributed by atoms with Crippen LogP contribution in [0.3, 0.4) is 0 Å². The van der Waals surface area contributed by atoms with Crippen molar-refractivity contribution in [2.24, 2.45) is 0 Å². The summed E-state index contributed by atoms with van der Waals surface area (Å²) in [4.78, 5) is 11.5. The number of hydrogen-bond acceptors (Lipinski definition) is 6. The summed E-state index contributed by atoms with van der Waals surface area (Å²) in [5.74, 6) is 0.148. The molecule has 0 fully saturated rings. The van der Waals surface area contributed by atoms with Gasteiger partial charge in [0.25, 0.3) is 15.7 Å². The molecular weight excluding hydrogens is 386 g/mol. The molecule has 2 N–H and O–H groups in total. The van der Waals surface area contributed by atoms with Crippen molar-refractivity contribution >= 4 is 21.4 Å². The fraction of sp³-hybridized carbons (Fsp3) is 0.333. The molecule has 152 valence electrons. The van der Waals surface area contributed by atoms with Crippen LogP contribution in [0.4, 0.5) is 11.4 Å². The van der Waals surface area contributed by atoms with Crippen molar-refractivity contribution in [2.45, 2.75) is 11.0 Å². The van der Waals surface area contributed by atoms with Crippen molar-refractivity contribution in [3.8, 4) is 5.75 Å². The number of nitro benzene ring substituents is 1. The number of methoxy groups -OCH3 is 1. The van der Waals surface area contributed by atoms with Gasteiger partial charge in [0.05, 0.1) is 37.6 Å². The van der Waals surface area contributed by atoms with E-state index in [1.165, 1.54) is 31.4 Å². The number of nitrogens with one attached hydrogen (secondary N) is 1. The lowest BCUT2D eigenvalue weighted by Gasteiger charge is -2.28. The monoisotopic (exact) mass is 410 g/mol. The van der Waals surface area contributed by atoms with E-state index in [1.807, 2.05) is 14.1 Å². The van der Waals surface area contributed by atoms with Gasteiger partial charge in [-0.1, -0.05) is 18.2 Å². The van der Waals surface area contributed by atoms with Gasteiger partial charge in [0, 0.05) is 12.1 Å². The van der Waals surface area contributed by atoms with Gasteiger partial charge in [-0.05, 0) is 18.2 Å². The van der Waals surface area contributed by atoms with Gasteiger partial charge in [-0.2, -0.15) is 0 Å². The Morgan fingerprint density at radius 3 is 2.39 bits per heavy atom. The number of nitro groups is 1. The number of ether oxygens (including phenoxy) is 1. The summed E-state index contributed by atoms with van der Waals surface area (Å²) in [5, 5.41) is 21.6. The molecule has 0 heterocycles. The van der Waals surface area contributed by atoms with E-state index in [0.717, 1.165) is 15.3 Å². The zero-order valence-corrected chi connectivity index (χ0v) is 16.7. The largest absolute Gasteiger partial charge is 0.495 e. The molecule has 10 heteroatoms. The summed E-state index contributed by atoms with van der Waals surface area (Å²) in [6.45, 7) is 0.0119. The predicted molar refractivity (Wildman–Crippen MR) is 104 cm³/mol. The number of benzene rings is 2. The van der Waals surface area contributed by atoms with Crippen LogP contribution in [0.5, 0.6) is 5.75 Å². The molecule has 0 aromatic heterocycles. The Bertz CT molecular complexity index is 918. The highest BCUT2D eigenvalue weighted by Gasteiger charge is 2.31. The molecule has 28 heavy (non-hydrogen) atoms. The maximum atomic E-state index is 13.3. The first-order valence-electron chi connectivity index (χ1n) is 8.54. The van der Waals surface area contributed by atoms with Crippen LogP contribution in [-0.2, 0) is 10.0 Å². The molecule has 0 aliphatic heterocycles. The number of aliphatic hydroxyl groups excluding tert-OH is 1. The lowest BCUT2D eigenvalue weighted by molar-refractivity contribution is -0.861. The van der Waals surface area contributed by atoms with Crippen molar-refractivity contribution in [2.75, 3.05) is 38.6 Å². The first-order valence-corrected chi connectivity index (χ1v) is 9.98. The normalized spacial score (nSPS) is 12.6. The molecule has 0 saturated heterocycles.